The molecule has 0 aliphatic carbocycles. The lowest BCUT2D eigenvalue weighted by Crippen LogP contribution is -2.30. The first kappa shape index (κ1) is 20.6. The number of thioether (sulfide) groups is 1. The van der Waals surface area contributed by atoms with Crippen molar-refractivity contribution in [2.24, 2.45) is 0 Å². The Labute approximate surface area is 179 Å². The number of hydrogen-bond donors (Lipinski definition) is 0. The van der Waals surface area contributed by atoms with Gasteiger partial charge in [0.2, 0.25) is 10.0 Å². The Balaban J connectivity index is 1.56. The topological polar surface area (TPSA) is 85.4 Å². The van der Waals surface area contributed by atoms with Gasteiger partial charge in [0.1, 0.15) is 0 Å². The molecule has 10 heteroatoms. The zero-order valence-corrected chi connectivity index (χ0v) is 18.3. The van der Waals surface area contributed by atoms with Crippen LogP contribution in [0, 0.1) is 0 Å². The molecule has 4 aromatic rings. The van der Waals surface area contributed by atoms with Crippen molar-refractivity contribution < 1.29 is 8.42 Å². The van der Waals surface area contributed by atoms with Gasteiger partial charge < -0.3 is 0 Å². The van der Waals surface area contributed by atoms with Crippen molar-refractivity contribution in [2.45, 2.75) is 29.7 Å². The van der Waals surface area contributed by atoms with E-state index in [4.69, 9.17) is 0 Å². The summed E-state index contributed by atoms with van der Waals surface area (Å²) in [7, 11) is -3.55. The van der Waals surface area contributed by atoms with Crippen molar-refractivity contribution in [1.29, 1.82) is 0 Å². The van der Waals surface area contributed by atoms with E-state index in [1.54, 1.807) is 22.7 Å². The van der Waals surface area contributed by atoms with Gasteiger partial charge in [-0.3, -0.25) is 4.40 Å². The van der Waals surface area contributed by atoms with E-state index >= 15 is 0 Å². The van der Waals surface area contributed by atoms with E-state index in [2.05, 4.69) is 15.3 Å². The SMILES string of the molecule is CCN(CC)S(=O)(=O)c1ccc2nnc(SCc3cnn(-c4ccccc4)c3)n2c1. The Morgan fingerprint density at radius 3 is 2.50 bits per heavy atom. The van der Waals surface area contributed by atoms with Gasteiger partial charge in [-0.15, -0.1) is 10.2 Å². The maximum atomic E-state index is 12.8. The van der Waals surface area contributed by atoms with Crippen molar-refractivity contribution in [3.05, 3.63) is 66.6 Å². The van der Waals surface area contributed by atoms with E-state index in [1.165, 1.54) is 16.1 Å². The molecule has 0 spiro atoms. The lowest BCUT2D eigenvalue weighted by molar-refractivity contribution is 0.445. The summed E-state index contributed by atoms with van der Waals surface area (Å²) in [5, 5.41) is 13.4. The molecule has 0 N–H and O–H groups in total. The number of pyridine rings is 1. The first-order chi connectivity index (χ1) is 14.5. The molecule has 0 saturated carbocycles. The second-order valence-electron chi connectivity index (χ2n) is 6.58. The predicted molar refractivity (Wildman–Crippen MR) is 116 cm³/mol. The Morgan fingerprint density at radius 2 is 1.77 bits per heavy atom. The minimum absolute atomic E-state index is 0.234. The first-order valence-electron chi connectivity index (χ1n) is 9.59. The summed E-state index contributed by atoms with van der Waals surface area (Å²) in [4.78, 5) is 0.234. The van der Waals surface area contributed by atoms with Crippen LogP contribution in [-0.2, 0) is 15.8 Å². The molecule has 30 heavy (non-hydrogen) atoms. The van der Waals surface area contributed by atoms with Crippen molar-refractivity contribution >= 4 is 27.4 Å². The van der Waals surface area contributed by atoms with Gasteiger partial charge in [0.15, 0.2) is 10.8 Å². The number of rotatable bonds is 8. The van der Waals surface area contributed by atoms with E-state index in [-0.39, 0.29) is 4.90 Å². The lowest BCUT2D eigenvalue weighted by atomic mass is 10.3. The van der Waals surface area contributed by atoms with Crippen LogP contribution in [0.3, 0.4) is 0 Å². The first-order valence-corrected chi connectivity index (χ1v) is 12.0. The molecule has 0 atom stereocenters. The maximum Gasteiger partial charge on any atom is 0.244 e. The van der Waals surface area contributed by atoms with Gasteiger partial charge in [-0.2, -0.15) is 9.40 Å². The molecule has 3 aromatic heterocycles. The molecule has 0 bridgehead atoms. The summed E-state index contributed by atoms with van der Waals surface area (Å²) in [6, 6.07) is 13.2. The second kappa shape index (κ2) is 8.58. The third-order valence-electron chi connectivity index (χ3n) is 4.71. The molecule has 4 rings (SSSR count). The molecule has 0 unspecified atom stereocenters. The summed E-state index contributed by atoms with van der Waals surface area (Å²) in [6.45, 7) is 4.50. The lowest BCUT2D eigenvalue weighted by Gasteiger charge is -2.18. The summed E-state index contributed by atoms with van der Waals surface area (Å²) in [6.07, 6.45) is 5.39. The van der Waals surface area contributed by atoms with Gasteiger partial charge in [0, 0.05) is 36.8 Å². The number of fused-ring (bicyclic) bond motifs is 1. The van der Waals surface area contributed by atoms with Crippen molar-refractivity contribution in [1.82, 2.24) is 28.7 Å². The number of hydrogen-bond acceptors (Lipinski definition) is 6. The van der Waals surface area contributed by atoms with E-state index in [9.17, 15) is 8.42 Å². The molecule has 0 amide bonds. The minimum Gasteiger partial charge on any atom is -0.276 e. The van der Waals surface area contributed by atoms with Crippen LogP contribution in [0.4, 0.5) is 0 Å². The van der Waals surface area contributed by atoms with Crippen molar-refractivity contribution in [3.8, 4) is 5.69 Å². The van der Waals surface area contributed by atoms with Gasteiger partial charge >= 0.3 is 0 Å². The van der Waals surface area contributed by atoms with Gasteiger partial charge in [-0.1, -0.05) is 43.8 Å². The van der Waals surface area contributed by atoms with Crippen LogP contribution in [0.15, 0.2) is 71.1 Å². The fraction of sp³-hybridized carbons (Fsp3) is 0.250. The Bertz CT molecular complexity index is 1250. The van der Waals surface area contributed by atoms with Crippen molar-refractivity contribution in [3.63, 3.8) is 0 Å². The highest BCUT2D eigenvalue weighted by Gasteiger charge is 2.22. The van der Waals surface area contributed by atoms with E-state index in [0.717, 1.165) is 11.3 Å². The third-order valence-corrected chi connectivity index (χ3v) is 7.76. The summed E-state index contributed by atoms with van der Waals surface area (Å²) >= 11 is 1.49. The summed E-state index contributed by atoms with van der Waals surface area (Å²) < 4.78 is 30.7. The third kappa shape index (κ3) is 3.98. The maximum absolute atomic E-state index is 12.8. The summed E-state index contributed by atoms with van der Waals surface area (Å²) in [5.74, 6) is 0.640. The van der Waals surface area contributed by atoms with Gasteiger partial charge in [0.25, 0.3) is 0 Å². The van der Waals surface area contributed by atoms with Crippen LogP contribution in [0.25, 0.3) is 11.3 Å². The van der Waals surface area contributed by atoms with Crippen LogP contribution in [0.1, 0.15) is 19.4 Å². The van der Waals surface area contributed by atoms with Crippen LogP contribution >= 0.6 is 11.8 Å². The largest absolute Gasteiger partial charge is 0.276 e. The molecule has 0 fully saturated rings. The Kier molecular flexibility index (Phi) is 5.89. The minimum atomic E-state index is -3.55. The molecule has 8 nitrogen and oxygen atoms in total. The van der Waals surface area contributed by atoms with Crippen LogP contribution in [-0.4, -0.2) is 50.2 Å². The quantitative estimate of drug-likeness (QED) is 0.390. The van der Waals surface area contributed by atoms with Crippen LogP contribution < -0.4 is 0 Å². The highest BCUT2D eigenvalue weighted by atomic mass is 32.2. The predicted octanol–water partition coefficient (Wildman–Crippen LogP) is 3.24. The van der Waals surface area contributed by atoms with E-state index in [1.807, 2.05) is 61.3 Å². The van der Waals surface area contributed by atoms with E-state index in [0.29, 0.717) is 29.6 Å². The number of aromatic nitrogens is 5. The van der Waals surface area contributed by atoms with E-state index < -0.39 is 10.0 Å². The molecular formula is C20H22N6O2S2. The van der Waals surface area contributed by atoms with Gasteiger partial charge in [-0.25, -0.2) is 13.1 Å². The number of para-hydroxylation sites is 1. The molecular weight excluding hydrogens is 420 g/mol. The number of nitrogens with zero attached hydrogens (tertiary/aromatic N) is 6. The highest BCUT2D eigenvalue weighted by Crippen LogP contribution is 2.24. The molecule has 1 aromatic carbocycles. The molecule has 0 aliphatic rings. The smallest absolute Gasteiger partial charge is 0.244 e. The Hall–Kier alpha value is -2.69. The Morgan fingerprint density at radius 1 is 1.00 bits per heavy atom. The van der Waals surface area contributed by atoms with Gasteiger partial charge in [0.05, 0.1) is 16.8 Å². The molecule has 0 radical (unpaired) electrons. The zero-order chi connectivity index (χ0) is 21.1. The average molecular weight is 443 g/mol. The fourth-order valence-corrected chi connectivity index (χ4v) is 5.40. The van der Waals surface area contributed by atoms with Gasteiger partial charge in [-0.05, 0) is 24.3 Å². The monoisotopic (exact) mass is 442 g/mol. The fourth-order valence-electron chi connectivity index (χ4n) is 3.12. The normalized spacial score (nSPS) is 12.1. The second-order valence-corrected chi connectivity index (χ2v) is 9.46. The molecule has 156 valence electrons. The zero-order valence-electron chi connectivity index (χ0n) is 16.7. The standard InChI is InChI=1S/C20H22N6O2S2/c1-3-24(4-2)30(27,28)18-10-11-19-22-23-20(25(19)14-18)29-15-16-12-21-26(13-16)17-8-6-5-7-9-17/h5-14H,3-4,15H2,1-2H3. The number of sulfonamides is 1. The summed E-state index contributed by atoms with van der Waals surface area (Å²) in [5.41, 5.74) is 2.64. The van der Waals surface area contributed by atoms with Crippen molar-refractivity contribution in [2.75, 3.05) is 13.1 Å². The molecule has 3 heterocycles. The molecule has 0 aliphatic heterocycles. The molecule has 0 saturated heterocycles. The highest BCUT2D eigenvalue weighted by molar-refractivity contribution is 7.98. The van der Waals surface area contributed by atoms with Crippen LogP contribution in [0.5, 0.6) is 0 Å². The number of benzene rings is 1. The van der Waals surface area contributed by atoms with Crippen LogP contribution in [0.2, 0.25) is 0 Å². The average Bonchev–Trinajstić information content (AvgIpc) is 3.40.